The summed E-state index contributed by atoms with van der Waals surface area (Å²) in [6, 6.07) is 11.9. The molecule has 4 heteroatoms. The molecule has 1 aromatic heterocycles. The van der Waals surface area contributed by atoms with Gasteiger partial charge in [0.05, 0.1) is 12.7 Å². The summed E-state index contributed by atoms with van der Waals surface area (Å²) < 4.78 is 7.12. The fourth-order valence-corrected chi connectivity index (χ4v) is 2.43. The number of aromatic nitrogens is 1. The van der Waals surface area contributed by atoms with Crippen molar-refractivity contribution in [2.24, 2.45) is 5.73 Å². The van der Waals surface area contributed by atoms with E-state index in [9.17, 15) is 0 Å². The van der Waals surface area contributed by atoms with Crippen molar-refractivity contribution < 1.29 is 4.74 Å². The molecule has 0 saturated heterocycles. The van der Waals surface area contributed by atoms with Crippen molar-refractivity contribution in [3.8, 4) is 0 Å². The monoisotopic (exact) mass is 334 g/mol. The molecule has 20 heavy (non-hydrogen) atoms. The Morgan fingerprint density at radius 2 is 1.90 bits per heavy atom. The summed E-state index contributed by atoms with van der Waals surface area (Å²) in [6.07, 6.45) is 4.29. The van der Waals surface area contributed by atoms with Crippen molar-refractivity contribution in [2.45, 2.75) is 32.1 Å². The molecule has 2 unspecified atom stereocenters. The number of benzene rings is 1. The minimum Gasteiger partial charge on any atom is -0.367 e. The van der Waals surface area contributed by atoms with Crippen LogP contribution in [0.3, 0.4) is 0 Å². The number of halogens is 1. The van der Waals surface area contributed by atoms with Crippen molar-refractivity contribution in [3.05, 3.63) is 64.4 Å². The zero-order chi connectivity index (χ0) is 14.4. The summed E-state index contributed by atoms with van der Waals surface area (Å²) in [7, 11) is 0. The molecule has 0 saturated carbocycles. The van der Waals surface area contributed by atoms with E-state index in [1.54, 1.807) is 12.4 Å². The first-order valence-electron chi connectivity index (χ1n) is 6.73. The Balaban J connectivity index is 2.11. The molecule has 2 N–H and O–H groups in total. The van der Waals surface area contributed by atoms with E-state index >= 15 is 0 Å². The van der Waals surface area contributed by atoms with Gasteiger partial charge in [0, 0.05) is 22.9 Å². The van der Waals surface area contributed by atoms with Gasteiger partial charge >= 0.3 is 0 Å². The molecule has 0 aliphatic rings. The fourth-order valence-electron chi connectivity index (χ4n) is 2.03. The van der Waals surface area contributed by atoms with E-state index in [0.717, 1.165) is 22.0 Å². The number of hydrogen-bond donors (Lipinski definition) is 1. The zero-order valence-corrected chi connectivity index (χ0v) is 13.1. The van der Waals surface area contributed by atoms with Crippen LogP contribution in [0.25, 0.3) is 0 Å². The second-order valence-corrected chi connectivity index (χ2v) is 5.53. The van der Waals surface area contributed by atoms with Crippen LogP contribution in [0.2, 0.25) is 0 Å². The van der Waals surface area contributed by atoms with Crippen molar-refractivity contribution >= 4 is 15.9 Å². The average molecular weight is 335 g/mol. The van der Waals surface area contributed by atoms with Gasteiger partial charge in [-0.1, -0.05) is 41.1 Å². The standard InChI is InChI=1S/C16H19BrN2O/c1-2-15(18)16(12-7-9-19-10-8-12)20-11-13-5-3-4-6-14(13)17/h3-10,15-16H,2,11,18H2,1H3. The average Bonchev–Trinajstić information content (AvgIpc) is 2.50. The van der Waals surface area contributed by atoms with Crippen LogP contribution in [-0.2, 0) is 11.3 Å². The minimum absolute atomic E-state index is 0.0279. The lowest BCUT2D eigenvalue weighted by Crippen LogP contribution is -2.29. The number of rotatable bonds is 6. The second-order valence-electron chi connectivity index (χ2n) is 4.68. The van der Waals surface area contributed by atoms with Crippen LogP contribution >= 0.6 is 15.9 Å². The van der Waals surface area contributed by atoms with Gasteiger partial charge in [0.25, 0.3) is 0 Å². The van der Waals surface area contributed by atoms with E-state index < -0.39 is 0 Å². The van der Waals surface area contributed by atoms with Crippen LogP contribution in [0.15, 0.2) is 53.3 Å². The lowest BCUT2D eigenvalue weighted by atomic mass is 10.0. The Kier molecular flexibility index (Phi) is 5.71. The quantitative estimate of drug-likeness (QED) is 0.873. The number of pyridine rings is 1. The maximum absolute atomic E-state index is 6.19. The van der Waals surface area contributed by atoms with Gasteiger partial charge in [-0.25, -0.2) is 0 Å². The highest BCUT2D eigenvalue weighted by molar-refractivity contribution is 9.10. The Labute approximate surface area is 128 Å². The normalized spacial score (nSPS) is 13.9. The highest BCUT2D eigenvalue weighted by Gasteiger charge is 2.19. The maximum Gasteiger partial charge on any atom is 0.0981 e. The van der Waals surface area contributed by atoms with Gasteiger partial charge in [-0.3, -0.25) is 4.98 Å². The maximum atomic E-state index is 6.19. The van der Waals surface area contributed by atoms with E-state index in [0.29, 0.717) is 6.61 Å². The molecule has 0 radical (unpaired) electrons. The van der Waals surface area contributed by atoms with Crippen molar-refractivity contribution in [3.63, 3.8) is 0 Å². The van der Waals surface area contributed by atoms with Gasteiger partial charge < -0.3 is 10.5 Å². The van der Waals surface area contributed by atoms with Gasteiger partial charge in [0.2, 0.25) is 0 Å². The van der Waals surface area contributed by atoms with Crippen LogP contribution in [0.5, 0.6) is 0 Å². The van der Waals surface area contributed by atoms with Gasteiger partial charge in [0.1, 0.15) is 0 Å². The van der Waals surface area contributed by atoms with E-state index in [4.69, 9.17) is 10.5 Å². The van der Waals surface area contributed by atoms with Crippen LogP contribution in [0.4, 0.5) is 0 Å². The number of ether oxygens (including phenoxy) is 1. The Hall–Kier alpha value is -1.23. The smallest absolute Gasteiger partial charge is 0.0981 e. The van der Waals surface area contributed by atoms with Gasteiger partial charge in [-0.05, 0) is 35.7 Å². The predicted molar refractivity (Wildman–Crippen MR) is 84.2 cm³/mol. The molecule has 0 fully saturated rings. The summed E-state index contributed by atoms with van der Waals surface area (Å²) >= 11 is 3.54. The molecular weight excluding hydrogens is 316 g/mol. The Bertz CT molecular complexity index is 533. The highest BCUT2D eigenvalue weighted by atomic mass is 79.9. The molecule has 106 valence electrons. The van der Waals surface area contributed by atoms with E-state index in [-0.39, 0.29) is 12.1 Å². The van der Waals surface area contributed by atoms with E-state index in [2.05, 4.69) is 27.8 Å². The van der Waals surface area contributed by atoms with Crippen LogP contribution in [0.1, 0.15) is 30.6 Å². The summed E-state index contributed by atoms with van der Waals surface area (Å²) in [5, 5.41) is 0. The molecule has 0 bridgehead atoms. The van der Waals surface area contributed by atoms with Crippen molar-refractivity contribution in [1.82, 2.24) is 4.98 Å². The molecular formula is C16H19BrN2O. The lowest BCUT2D eigenvalue weighted by Gasteiger charge is -2.24. The molecule has 0 aliphatic carbocycles. The van der Waals surface area contributed by atoms with Gasteiger partial charge in [0.15, 0.2) is 0 Å². The molecule has 3 nitrogen and oxygen atoms in total. The Morgan fingerprint density at radius 3 is 2.55 bits per heavy atom. The van der Waals surface area contributed by atoms with Crippen molar-refractivity contribution in [2.75, 3.05) is 0 Å². The van der Waals surface area contributed by atoms with Crippen LogP contribution < -0.4 is 5.73 Å². The SMILES string of the molecule is CCC(N)C(OCc1ccccc1Br)c1ccncc1. The first-order chi connectivity index (χ1) is 9.72. The largest absolute Gasteiger partial charge is 0.367 e. The highest BCUT2D eigenvalue weighted by Crippen LogP contribution is 2.25. The summed E-state index contributed by atoms with van der Waals surface area (Å²) in [5.74, 6) is 0. The van der Waals surface area contributed by atoms with Crippen LogP contribution in [-0.4, -0.2) is 11.0 Å². The third-order valence-electron chi connectivity index (χ3n) is 3.27. The van der Waals surface area contributed by atoms with Crippen molar-refractivity contribution in [1.29, 1.82) is 0 Å². The third kappa shape index (κ3) is 3.88. The molecule has 2 atom stereocenters. The van der Waals surface area contributed by atoms with Gasteiger partial charge in [-0.2, -0.15) is 0 Å². The zero-order valence-electron chi connectivity index (χ0n) is 11.5. The minimum atomic E-state index is -0.116. The fraction of sp³-hybridized carbons (Fsp3) is 0.312. The number of nitrogens with two attached hydrogens (primary N) is 1. The predicted octanol–water partition coefficient (Wildman–Crippen LogP) is 3.84. The van der Waals surface area contributed by atoms with Gasteiger partial charge in [-0.15, -0.1) is 0 Å². The molecule has 2 rings (SSSR count). The molecule has 2 aromatic rings. The summed E-state index contributed by atoms with van der Waals surface area (Å²) in [5.41, 5.74) is 8.39. The molecule has 0 aliphatic heterocycles. The lowest BCUT2D eigenvalue weighted by molar-refractivity contribution is 0.0209. The number of nitrogens with zero attached hydrogens (tertiary/aromatic N) is 1. The second kappa shape index (κ2) is 7.53. The molecule has 1 aromatic carbocycles. The topological polar surface area (TPSA) is 48.1 Å². The summed E-state index contributed by atoms with van der Waals surface area (Å²) in [4.78, 5) is 4.04. The molecule has 0 spiro atoms. The van der Waals surface area contributed by atoms with E-state index in [1.165, 1.54) is 0 Å². The summed E-state index contributed by atoms with van der Waals surface area (Å²) in [6.45, 7) is 2.60. The third-order valence-corrected chi connectivity index (χ3v) is 4.04. The van der Waals surface area contributed by atoms with E-state index in [1.807, 2.05) is 36.4 Å². The first-order valence-corrected chi connectivity index (χ1v) is 7.52. The van der Waals surface area contributed by atoms with Crippen LogP contribution in [0, 0.1) is 0 Å². The molecule has 1 heterocycles. The Morgan fingerprint density at radius 1 is 1.20 bits per heavy atom. The molecule has 0 amide bonds. The first kappa shape index (κ1) is 15.2. The number of hydrogen-bond acceptors (Lipinski definition) is 3.